The van der Waals surface area contributed by atoms with E-state index in [1.807, 2.05) is 11.9 Å². The summed E-state index contributed by atoms with van der Waals surface area (Å²) in [7, 11) is -5.08. The van der Waals surface area contributed by atoms with Crippen LogP contribution in [0.4, 0.5) is 0 Å². The van der Waals surface area contributed by atoms with E-state index in [2.05, 4.69) is 16.8 Å². The first-order valence-corrected chi connectivity index (χ1v) is 14.1. The van der Waals surface area contributed by atoms with Crippen molar-refractivity contribution < 1.29 is 42.8 Å². The van der Waals surface area contributed by atoms with Gasteiger partial charge in [0.05, 0.1) is 28.3 Å². The van der Waals surface area contributed by atoms with Crippen molar-refractivity contribution in [3.63, 3.8) is 0 Å². The molecule has 0 aromatic rings. The second-order valence-electron chi connectivity index (χ2n) is 8.57. The van der Waals surface area contributed by atoms with Crippen LogP contribution in [0, 0.1) is 5.92 Å². The second kappa shape index (κ2) is 11.5. The van der Waals surface area contributed by atoms with Gasteiger partial charge in [-0.2, -0.15) is 0 Å². The molecule has 32 heavy (non-hydrogen) atoms. The van der Waals surface area contributed by atoms with Crippen molar-refractivity contribution in [3.8, 4) is 0 Å². The van der Waals surface area contributed by atoms with Crippen molar-refractivity contribution in [1.82, 2.24) is 10.2 Å². The maximum atomic E-state index is 13.0. The molecular weight excluding hydrogens is 487 g/mol. The third-order valence-electron chi connectivity index (χ3n) is 5.96. The third kappa shape index (κ3) is 6.94. The van der Waals surface area contributed by atoms with E-state index in [4.69, 9.17) is 26.1 Å². The summed E-state index contributed by atoms with van der Waals surface area (Å²) >= 11 is 6.29. The first-order chi connectivity index (χ1) is 14.8. The van der Waals surface area contributed by atoms with Crippen LogP contribution in [0.1, 0.15) is 33.1 Å². The molecule has 0 aliphatic carbocycles. The van der Waals surface area contributed by atoms with Crippen molar-refractivity contribution in [2.75, 3.05) is 19.8 Å². The number of carbonyl (C=O) groups is 1. The standard InChI is InChI=1S/C18H34ClN2O9PS/c1-5-6-10-7-11(21(3)8-10)17(24)20-12(9(2)19)15-13(22)14(23)16(30-31(25,26)27)18(29-15)32(4)28/h9-16,18,22-23H,5-8H2,1-4H3,(H,20,24)(H2,25,26,27)/t9?,10-,11+,12?,13-,14+,15-,16-,18-,32?/m1/s1. The lowest BCUT2D eigenvalue weighted by Crippen LogP contribution is -2.66. The van der Waals surface area contributed by atoms with E-state index < -0.39 is 65.9 Å². The molecule has 188 valence electrons. The molecule has 5 N–H and O–H groups in total. The number of phosphoric acid groups is 1. The lowest BCUT2D eigenvalue weighted by molar-refractivity contribution is -0.202. The van der Waals surface area contributed by atoms with Crippen molar-refractivity contribution in [1.29, 1.82) is 0 Å². The highest BCUT2D eigenvalue weighted by Crippen LogP contribution is 2.42. The van der Waals surface area contributed by atoms with Crippen LogP contribution in [-0.2, 0) is 29.4 Å². The zero-order valence-corrected chi connectivity index (χ0v) is 21.0. The summed E-state index contributed by atoms with van der Waals surface area (Å²) < 4.78 is 33.7. The number of alkyl halides is 1. The number of aliphatic hydroxyl groups is 2. The predicted octanol–water partition coefficient (Wildman–Crippen LogP) is -0.478. The van der Waals surface area contributed by atoms with Gasteiger partial charge in [0.2, 0.25) is 5.91 Å². The Kier molecular flexibility index (Phi) is 10.1. The Morgan fingerprint density at radius 3 is 2.50 bits per heavy atom. The fourth-order valence-electron chi connectivity index (χ4n) is 4.45. The molecule has 0 aromatic heterocycles. The molecular formula is C18H34ClN2O9PS. The zero-order valence-electron chi connectivity index (χ0n) is 18.5. The first kappa shape index (κ1) is 28.1. The normalized spacial score (nSPS) is 37.1. The zero-order chi connectivity index (χ0) is 24.4. The highest BCUT2D eigenvalue weighted by Gasteiger charge is 2.52. The fourth-order valence-corrected chi connectivity index (χ4v) is 6.17. The highest BCUT2D eigenvalue weighted by atomic mass is 35.5. The number of halogens is 1. The molecule has 0 spiro atoms. The smallest absolute Gasteiger partial charge is 0.388 e. The van der Waals surface area contributed by atoms with Gasteiger partial charge in [-0.3, -0.25) is 18.4 Å². The molecule has 3 unspecified atom stereocenters. The minimum atomic E-state index is -5.08. The van der Waals surface area contributed by atoms with E-state index in [9.17, 15) is 23.8 Å². The van der Waals surface area contributed by atoms with Crippen LogP contribution in [0.15, 0.2) is 0 Å². The number of hydrogen-bond donors (Lipinski definition) is 5. The Bertz CT molecular complexity index is 727. The Morgan fingerprint density at radius 1 is 1.38 bits per heavy atom. The molecule has 10 atom stereocenters. The van der Waals surface area contributed by atoms with E-state index >= 15 is 0 Å². The molecule has 0 saturated carbocycles. The maximum absolute atomic E-state index is 13.0. The second-order valence-corrected chi connectivity index (χ2v) is 11.9. The average molecular weight is 521 g/mol. The van der Waals surface area contributed by atoms with Crippen molar-refractivity contribution in [2.45, 2.75) is 80.4 Å². The third-order valence-corrected chi connectivity index (χ3v) is 7.78. The molecule has 2 fully saturated rings. The van der Waals surface area contributed by atoms with Crippen LogP contribution in [0.25, 0.3) is 0 Å². The number of ether oxygens (including phenoxy) is 1. The van der Waals surface area contributed by atoms with Crippen molar-refractivity contribution >= 4 is 36.1 Å². The Hall–Kier alpha value is -0.140. The predicted molar refractivity (Wildman–Crippen MR) is 118 cm³/mol. The SMILES string of the molecule is CCC[C@@H]1C[C@@H](C(=O)NC(C(C)Cl)[C@H]2O[C@H](S(C)=O)[C@H](OP(=O)(O)O)[C@@H](O)[C@H]2O)N(C)C1. The minimum Gasteiger partial charge on any atom is -0.388 e. The molecule has 1 amide bonds. The summed E-state index contributed by atoms with van der Waals surface area (Å²) in [4.78, 5) is 33.2. The van der Waals surface area contributed by atoms with Gasteiger partial charge in [0.15, 0.2) is 5.44 Å². The lowest BCUT2D eigenvalue weighted by atomic mass is 9.92. The van der Waals surface area contributed by atoms with Crippen molar-refractivity contribution in [2.24, 2.45) is 5.92 Å². The van der Waals surface area contributed by atoms with E-state index in [0.717, 1.165) is 19.4 Å². The molecule has 2 rings (SSSR count). The molecule has 0 bridgehead atoms. The molecule has 2 saturated heterocycles. The number of amides is 1. The molecule has 2 heterocycles. The summed E-state index contributed by atoms with van der Waals surface area (Å²) in [5, 5.41) is 23.2. The summed E-state index contributed by atoms with van der Waals surface area (Å²) in [6.45, 7) is 4.44. The lowest BCUT2D eigenvalue weighted by Gasteiger charge is -2.45. The van der Waals surface area contributed by atoms with Gasteiger partial charge in [0.1, 0.15) is 24.4 Å². The van der Waals surface area contributed by atoms with E-state index in [1.165, 1.54) is 6.26 Å². The number of carbonyl (C=O) groups excluding carboxylic acids is 1. The number of likely N-dealkylation sites (N-methyl/N-ethyl adjacent to an activating group) is 1. The summed E-state index contributed by atoms with van der Waals surface area (Å²) in [6.07, 6.45) is -2.68. The van der Waals surface area contributed by atoms with Gasteiger partial charge in [0.25, 0.3) is 0 Å². The van der Waals surface area contributed by atoms with Gasteiger partial charge in [-0.05, 0) is 32.7 Å². The molecule has 11 nitrogen and oxygen atoms in total. The van der Waals surface area contributed by atoms with Crippen LogP contribution in [0.2, 0.25) is 0 Å². The van der Waals surface area contributed by atoms with E-state index in [-0.39, 0.29) is 5.91 Å². The fraction of sp³-hybridized carbons (Fsp3) is 0.944. The summed E-state index contributed by atoms with van der Waals surface area (Å²) in [5.41, 5.74) is -1.47. The van der Waals surface area contributed by atoms with Crippen LogP contribution >= 0.6 is 19.4 Å². The topological polar surface area (TPSA) is 166 Å². The quantitative estimate of drug-likeness (QED) is 0.198. The monoisotopic (exact) mass is 520 g/mol. The van der Waals surface area contributed by atoms with Crippen molar-refractivity contribution in [3.05, 3.63) is 0 Å². The number of nitrogens with zero attached hydrogens (tertiary/aromatic N) is 1. The summed E-state index contributed by atoms with van der Waals surface area (Å²) in [5.74, 6) is 0.0834. The van der Waals surface area contributed by atoms with Crippen LogP contribution in [0.3, 0.4) is 0 Å². The van der Waals surface area contributed by atoms with Gasteiger partial charge < -0.3 is 30.1 Å². The van der Waals surface area contributed by atoms with Gasteiger partial charge in [-0.1, -0.05) is 13.3 Å². The molecule has 2 aliphatic rings. The number of hydrogen-bond acceptors (Lipinski definition) is 8. The average Bonchev–Trinajstić information content (AvgIpc) is 3.03. The Labute approximate surface area is 195 Å². The molecule has 0 aromatic carbocycles. The first-order valence-electron chi connectivity index (χ1n) is 10.5. The largest absolute Gasteiger partial charge is 0.470 e. The number of aliphatic hydroxyl groups excluding tert-OH is 2. The Morgan fingerprint density at radius 2 is 2.00 bits per heavy atom. The van der Waals surface area contributed by atoms with Crippen LogP contribution < -0.4 is 5.32 Å². The summed E-state index contributed by atoms with van der Waals surface area (Å²) in [6, 6.07) is -1.37. The maximum Gasteiger partial charge on any atom is 0.470 e. The van der Waals surface area contributed by atoms with Crippen LogP contribution in [0.5, 0.6) is 0 Å². The van der Waals surface area contributed by atoms with Crippen LogP contribution in [-0.4, -0.2) is 102 Å². The highest BCUT2D eigenvalue weighted by molar-refractivity contribution is 7.84. The van der Waals surface area contributed by atoms with Gasteiger partial charge in [-0.15, -0.1) is 11.6 Å². The number of rotatable bonds is 9. The number of phosphoric ester groups is 1. The van der Waals surface area contributed by atoms with Gasteiger partial charge in [0, 0.05) is 12.8 Å². The molecule has 14 heteroatoms. The molecule has 2 aliphatic heterocycles. The van der Waals surface area contributed by atoms with Gasteiger partial charge >= 0.3 is 7.82 Å². The number of nitrogens with one attached hydrogen (secondary N) is 1. The van der Waals surface area contributed by atoms with Gasteiger partial charge in [-0.25, -0.2) is 4.57 Å². The van der Waals surface area contributed by atoms with E-state index in [1.54, 1.807) is 6.92 Å². The molecule has 0 radical (unpaired) electrons. The minimum absolute atomic E-state index is 0.309. The van der Waals surface area contributed by atoms with E-state index in [0.29, 0.717) is 12.3 Å². The Balaban J connectivity index is 2.21. The number of likely N-dealkylation sites (tertiary alicyclic amines) is 1.